The number of aryl methyl sites for hydroxylation is 2. The SMILES string of the molecule is Cc1ccc(NCC(=O)NN=Cc2ccc(N(C)C)o2)cc1C. The highest BCUT2D eigenvalue weighted by Crippen LogP contribution is 2.14. The lowest BCUT2D eigenvalue weighted by atomic mass is 10.1. The zero-order chi connectivity index (χ0) is 16.8. The highest BCUT2D eigenvalue weighted by atomic mass is 16.4. The zero-order valence-corrected chi connectivity index (χ0v) is 13.9. The maximum Gasteiger partial charge on any atom is 0.259 e. The van der Waals surface area contributed by atoms with E-state index in [1.165, 1.54) is 17.3 Å². The number of rotatable bonds is 6. The fraction of sp³-hybridized carbons (Fsp3) is 0.294. The molecular formula is C17H22N4O2. The second-order valence-electron chi connectivity index (χ2n) is 5.52. The Morgan fingerprint density at radius 3 is 2.65 bits per heavy atom. The first-order valence-electron chi connectivity index (χ1n) is 7.36. The lowest BCUT2D eigenvalue weighted by molar-refractivity contribution is -0.119. The number of hydrogen-bond donors (Lipinski definition) is 2. The van der Waals surface area contributed by atoms with Crippen LogP contribution in [-0.4, -0.2) is 32.8 Å². The van der Waals surface area contributed by atoms with Crippen LogP contribution in [0.4, 0.5) is 11.6 Å². The van der Waals surface area contributed by atoms with Gasteiger partial charge >= 0.3 is 0 Å². The van der Waals surface area contributed by atoms with Crippen molar-refractivity contribution in [3.8, 4) is 0 Å². The third kappa shape index (κ3) is 4.88. The highest BCUT2D eigenvalue weighted by molar-refractivity contribution is 5.83. The summed E-state index contributed by atoms with van der Waals surface area (Å²) < 4.78 is 5.49. The van der Waals surface area contributed by atoms with Gasteiger partial charge in [-0.25, -0.2) is 5.43 Å². The van der Waals surface area contributed by atoms with E-state index in [1.807, 2.05) is 50.2 Å². The molecule has 1 amide bonds. The molecule has 0 radical (unpaired) electrons. The third-order valence-electron chi connectivity index (χ3n) is 3.39. The van der Waals surface area contributed by atoms with Crippen molar-refractivity contribution in [3.63, 3.8) is 0 Å². The number of furan rings is 1. The van der Waals surface area contributed by atoms with Gasteiger partial charge in [0.2, 0.25) is 0 Å². The fourth-order valence-electron chi connectivity index (χ4n) is 1.89. The summed E-state index contributed by atoms with van der Waals surface area (Å²) >= 11 is 0. The minimum atomic E-state index is -0.223. The van der Waals surface area contributed by atoms with E-state index in [-0.39, 0.29) is 12.5 Å². The predicted molar refractivity (Wildman–Crippen MR) is 93.2 cm³/mol. The Morgan fingerprint density at radius 2 is 2.00 bits per heavy atom. The number of anilines is 2. The molecule has 0 saturated carbocycles. The molecule has 0 atom stereocenters. The molecule has 1 aromatic heterocycles. The van der Waals surface area contributed by atoms with Crippen LogP contribution in [0.25, 0.3) is 0 Å². The van der Waals surface area contributed by atoms with Crippen LogP contribution in [0.1, 0.15) is 16.9 Å². The third-order valence-corrected chi connectivity index (χ3v) is 3.39. The van der Waals surface area contributed by atoms with E-state index in [2.05, 4.69) is 22.8 Å². The summed E-state index contributed by atoms with van der Waals surface area (Å²) in [5.41, 5.74) is 5.78. The van der Waals surface area contributed by atoms with Crippen molar-refractivity contribution in [2.45, 2.75) is 13.8 Å². The molecule has 1 heterocycles. The normalized spacial score (nSPS) is 10.8. The number of nitrogens with zero attached hydrogens (tertiary/aromatic N) is 2. The summed E-state index contributed by atoms with van der Waals surface area (Å²) in [6.07, 6.45) is 1.47. The minimum absolute atomic E-state index is 0.154. The average Bonchev–Trinajstić information content (AvgIpc) is 2.97. The Morgan fingerprint density at radius 1 is 1.22 bits per heavy atom. The molecule has 2 rings (SSSR count). The number of hydrazone groups is 1. The van der Waals surface area contributed by atoms with Crippen molar-refractivity contribution in [2.75, 3.05) is 30.9 Å². The second kappa shape index (κ2) is 7.49. The summed E-state index contributed by atoms with van der Waals surface area (Å²) in [7, 11) is 3.78. The molecule has 0 aliphatic rings. The van der Waals surface area contributed by atoms with E-state index in [9.17, 15) is 4.79 Å². The Hall–Kier alpha value is -2.76. The number of amides is 1. The number of carbonyl (C=O) groups excluding carboxylic acids is 1. The Balaban J connectivity index is 1.80. The van der Waals surface area contributed by atoms with Gasteiger partial charge in [-0.3, -0.25) is 4.79 Å². The van der Waals surface area contributed by atoms with Crippen LogP contribution in [0.3, 0.4) is 0 Å². The first-order chi connectivity index (χ1) is 11.0. The number of carbonyl (C=O) groups is 1. The van der Waals surface area contributed by atoms with Gasteiger partial charge in [-0.15, -0.1) is 0 Å². The quantitative estimate of drug-likeness (QED) is 0.635. The number of nitrogens with one attached hydrogen (secondary N) is 2. The summed E-state index contributed by atoms with van der Waals surface area (Å²) in [5.74, 6) is 1.09. The Bertz CT molecular complexity index is 704. The second-order valence-corrected chi connectivity index (χ2v) is 5.52. The maximum atomic E-state index is 11.7. The molecule has 122 valence electrons. The maximum absolute atomic E-state index is 11.7. The topological polar surface area (TPSA) is 69.9 Å². The van der Waals surface area contributed by atoms with E-state index in [0.717, 1.165) is 11.6 Å². The molecule has 6 nitrogen and oxygen atoms in total. The predicted octanol–water partition coefficient (Wildman–Crippen LogP) is 2.52. The summed E-state index contributed by atoms with van der Waals surface area (Å²) in [5, 5.41) is 6.95. The molecular weight excluding hydrogens is 292 g/mol. The van der Waals surface area contributed by atoms with E-state index < -0.39 is 0 Å². The van der Waals surface area contributed by atoms with Gasteiger partial charge in [0.25, 0.3) is 5.91 Å². The zero-order valence-electron chi connectivity index (χ0n) is 13.9. The van der Waals surface area contributed by atoms with Gasteiger partial charge in [0.15, 0.2) is 5.88 Å². The van der Waals surface area contributed by atoms with Crippen LogP contribution in [0.5, 0.6) is 0 Å². The van der Waals surface area contributed by atoms with Crippen LogP contribution >= 0.6 is 0 Å². The van der Waals surface area contributed by atoms with Crippen molar-refractivity contribution >= 4 is 23.7 Å². The molecule has 0 aliphatic heterocycles. The van der Waals surface area contributed by atoms with Gasteiger partial charge in [-0.05, 0) is 43.2 Å². The van der Waals surface area contributed by atoms with Crippen LogP contribution in [-0.2, 0) is 4.79 Å². The van der Waals surface area contributed by atoms with Crippen molar-refractivity contribution in [1.82, 2.24) is 5.43 Å². The number of hydrogen-bond acceptors (Lipinski definition) is 5. The summed E-state index contributed by atoms with van der Waals surface area (Å²) in [4.78, 5) is 13.6. The van der Waals surface area contributed by atoms with Gasteiger partial charge in [0.05, 0.1) is 12.8 Å². The highest BCUT2D eigenvalue weighted by Gasteiger charge is 2.03. The molecule has 2 aromatic rings. The summed E-state index contributed by atoms with van der Waals surface area (Å²) in [6, 6.07) is 9.61. The first-order valence-corrected chi connectivity index (χ1v) is 7.36. The lowest BCUT2D eigenvalue weighted by Gasteiger charge is -2.07. The molecule has 6 heteroatoms. The van der Waals surface area contributed by atoms with Crippen LogP contribution in [0.15, 0.2) is 39.9 Å². The fourth-order valence-corrected chi connectivity index (χ4v) is 1.89. The molecule has 0 unspecified atom stereocenters. The first kappa shape index (κ1) is 16.6. The molecule has 0 fully saturated rings. The van der Waals surface area contributed by atoms with Crippen LogP contribution in [0, 0.1) is 13.8 Å². The molecule has 1 aromatic carbocycles. The molecule has 0 aliphatic carbocycles. The molecule has 0 spiro atoms. The number of benzene rings is 1. The molecule has 0 saturated heterocycles. The van der Waals surface area contributed by atoms with Crippen molar-refractivity contribution in [1.29, 1.82) is 0 Å². The van der Waals surface area contributed by atoms with Gasteiger partial charge in [0, 0.05) is 25.8 Å². The van der Waals surface area contributed by atoms with E-state index in [1.54, 1.807) is 6.07 Å². The standard InChI is InChI=1S/C17H22N4O2/c1-12-5-6-14(9-13(12)2)18-11-16(22)20-19-10-15-7-8-17(23-15)21(3)4/h5-10,18H,11H2,1-4H3,(H,20,22). The van der Waals surface area contributed by atoms with Crippen molar-refractivity contribution in [2.24, 2.45) is 5.10 Å². The van der Waals surface area contributed by atoms with Crippen molar-refractivity contribution < 1.29 is 9.21 Å². The lowest BCUT2D eigenvalue weighted by Crippen LogP contribution is -2.25. The largest absolute Gasteiger partial charge is 0.440 e. The van der Waals surface area contributed by atoms with Crippen LogP contribution < -0.4 is 15.6 Å². The van der Waals surface area contributed by atoms with Crippen molar-refractivity contribution in [3.05, 3.63) is 47.2 Å². The average molecular weight is 314 g/mol. The monoisotopic (exact) mass is 314 g/mol. The van der Waals surface area contributed by atoms with E-state index in [0.29, 0.717) is 5.76 Å². The van der Waals surface area contributed by atoms with E-state index in [4.69, 9.17) is 4.42 Å². The molecule has 23 heavy (non-hydrogen) atoms. The molecule has 0 bridgehead atoms. The molecule has 2 N–H and O–H groups in total. The van der Waals surface area contributed by atoms with E-state index >= 15 is 0 Å². The Kier molecular flexibility index (Phi) is 5.41. The smallest absolute Gasteiger partial charge is 0.259 e. The van der Waals surface area contributed by atoms with Crippen LogP contribution in [0.2, 0.25) is 0 Å². The summed E-state index contributed by atoms with van der Waals surface area (Å²) in [6.45, 7) is 4.24. The minimum Gasteiger partial charge on any atom is -0.440 e. The Labute approximate surface area is 136 Å². The van der Waals surface area contributed by atoms with Gasteiger partial charge in [-0.1, -0.05) is 6.07 Å². The van der Waals surface area contributed by atoms with Gasteiger partial charge in [-0.2, -0.15) is 5.10 Å². The van der Waals surface area contributed by atoms with Gasteiger partial charge in [0.1, 0.15) is 5.76 Å². The van der Waals surface area contributed by atoms with Gasteiger partial charge < -0.3 is 14.6 Å².